The molecule has 4 heteroatoms. The van der Waals surface area contributed by atoms with Crippen LogP contribution in [-0.4, -0.2) is 37.1 Å². The van der Waals surface area contributed by atoms with Crippen molar-refractivity contribution in [2.75, 3.05) is 26.2 Å². The minimum Gasteiger partial charge on any atom is -0.493 e. The van der Waals surface area contributed by atoms with Crippen molar-refractivity contribution >= 4 is 0 Å². The number of rotatable bonds is 3. The molecule has 1 saturated carbocycles. The van der Waals surface area contributed by atoms with Crippen LogP contribution in [0.3, 0.4) is 0 Å². The van der Waals surface area contributed by atoms with E-state index < -0.39 is 11.3 Å². The topological polar surface area (TPSA) is 12.5 Å². The molecule has 1 aromatic rings. The molecule has 1 aliphatic carbocycles. The van der Waals surface area contributed by atoms with Crippen molar-refractivity contribution in [2.24, 2.45) is 5.41 Å². The second-order valence-electron chi connectivity index (χ2n) is 6.79. The van der Waals surface area contributed by atoms with Gasteiger partial charge in [0.25, 0.3) is 5.92 Å². The minimum absolute atomic E-state index is 0.124. The summed E-state index contributed by atoms with van der Waals surface area (Å²) in [5, 5.41) is 0. The van der Waals surface area contributed by atoms with Gasteiger partial charge in [-0.3, -0.25) is 0 Å². The van der Waals surface area contributed by atoms with Crippen LogP contribution in [0.25, 0.3) is 0 Å². The molecule has 1 spiro atoms. The lowest BCUT2D eigenvalue weighted by molar-refractivity contribution is 0.0316. The summed E-state index contributed by atoms with van der Waals surface area (Å²) >= 11 is 0. The first kappa shape index (κ1) is 13.5. The number of hydrogen-bond donors (Lipinski definition) is 0. The molecule has 0 amide bonds. The summed E-state index contributed by atoms with van der Waals surface area (Å²) in [7, 11) is 0. The lowest BCUT2D eigenvalue weighted by Crippen LogP contribution is -2.37. The smallest absolute Gasteiger partial charge is 0.254 e. The van der Waals surface area contributed by atoms with E-state index >= 15 is 0 Å². The number of fused-ring (bicyclic) bond motifs is 1. The molecule has 1 aromatic carbocycles. The van der Waals surface area contributed by atoms with E-state index in [1.165, 1.54) is 11.1 Å². The fourth-order valence-corrected chi connectivity index (χ4v) is 3.81. The Morgan fingerprint density at radius 2 is 1.95 bits per heavy atom. The summed E-state index contributed by atoms with van der Waals surface area (Å²) in [4.78, 5) is 2.34. The predicted molar refractivity (Wildman–Crippen MR) is 77.0 cm³/mol. The van der Waals surface area contributed by atoms with Gasteiger partial charge in [0.1, 0.15) is 5.75 Å². The van der Waals surface area contributed by atoms with Gasteiger partial charge in [0.05, 0.1) is 6.61 Å². The van der Waals surface area contributed by atoms with E-state index in [1.807, 2.05) is 0 Å². The maximum Gasteiger partial charge on any atom is 0.254 e. The quantitative estimate of drug-likeness (QED) is 0.848. The number of nitrogens with zero attached hydrogens (tertiary/aromatic N) is 1. The molecule has 1 saturated heterocycles. The number of hydrogen-bond acceptors (Lipinski definition) is 2. The summed E-state index contributed by atoms with van der Waals surface area (Å²) < 4.78 is 32.2. The van der Waals surface area contributed by atoms with Crippen molar-refractivity contribution in [2.45, 2.75) is 38.0 Å². The lowest BCUT2D eigenvalue weighted by Gasteiger charge is -2.32. The Balaban J connectivity index is 1.30. The van der Waals surface area contributed by atoms with Crippen LogP contribution in [0.2, 0.25) is 0 Å². The Kier molecular flexibility index (Phi) is 3.00. The molecular weight excluding hydrogens is 272 g/mol. The van der Waals surface area contributed by atoms with E-state index in [0.29, 0.717) is 12.8 Å². The molecule has 4 rings (SSSR count). The van der Waals surface area contributed by atoms with E-state index in [4.69, 9.17) is 4.74 Å². The number of piperidine rings is 1. The van der Waals surface area contributed by atoms with Crippen molar-refractivity contribution in [3.8, 4) is 5.75 Å². The van der Waals surface area contributed by atoms with Crippen LogP contribution in [0.4, 0.5) is 8.78 Å². The molecule has 21 heavy (non-hydrogen) atoms. The summed E-state index contributed by atoms with van der Waals surface area (Å²) in [6, 6.07) is 6.43. The van der Waals surface area contributed by atoms with Gasteiger partial charge in [-0.25, -0.2) is 8.78 Å². The van der Waals surface area contributed by atoms with E-state index in [-0.39, 0.29) is 6.42 Å². The Morgan fingerprint density at radius 1 is 1.19 bits per heavy atom. The Morgan fingerprint density at radius 3 is 2.67 bits per heavy atom. The third kappa shape index (κ3) is 2.33. The number of benzene rings is 1. The lowest BCUT2D eigenvalue weighted by atomic mass is 9.92. The minimum atomic E-state index is -2.38. The summed E-state index contributed by atoms with van der Waals surface area (Å²) in [6.45, 7) is 3.41. The van der Waals surface area contributed by atoms with Crippen LogP contribution in [-0.2, 0) is 12.8 Å². The summed E-state index contributed by atoms with van der Waals surface area (Å²) in [5.41, 5.74) is 2.01. The number of likely N-dealkylation sites (tertiary alicyclic amines) is 1. The fraction of sp³-hybridized carbons (Fsp3) is 0.647. The third-order valence-electron chi connectivity index (χ3n) is 5.50. The Labute approximate surface area is 124 Å². The normalized spacial score (nSPS) is 25.6. The second-order valence-corrected chi connectivity index (χ2v) is 6.79. The first-order valence-corrected chi connectivity index (χ1v) is 7.93. The van der Waals surface area contributed by atoms with Crippen molar-refractivity contribution in [3.63, 3.8) is 0 Å². The number of halogens is 2. The van der Waals surface area contributed by atoms with Crippen LogP contribution in [0.15, 0.2) is 18.2 Å². The van der Waals surface area contributed by atoms with Gasteiger partial charge in [-0.1, -0.05) is 12.1 Å². The molecule has 2 aliphatic heterocycles. The van der Waals surface area contributed by atoms with Crippen molar-refractivity contribution in [3.05, 3.63) is 29.3 Å². The molecule has 2 fully saturated rings. The summed E-state index contributed by atoms with van der Waals surface area (Å²) in [6.07, 6.45) is 3.45. The van der Waals surface area contributed by atoms with Gasteiger partial charge in [-0.05, 0) is 49.5 Å². The molecule has 0 atom stereocenters. The average Bonchev–Trinajstić information content (AvgIpc) is 2.84. The van der Waals surface area contributed by atoms with Crippen LogP contribution in [0.1, 0.15) is 30.4 Å². The van der Waals surface area contributed by atoms with E-state index in [1.54, 1.807) is 0 Å². The van der Waals surface area contributed by atoms with E-state index in [2.05, 4.69) is 23.1 Å². The molecule has 0 N–H and O–H groups in total. The molecule has 2 nitrogen and oxygen atoms in total. The highest BCUT2D eigenvalue weighted by Crippen LogP contribution is 2.65. The second kappa shape index (κ2) is 4.67. The third-order valence-corrected chi connectivity index (χ3v) is 5.50. The summed E-state index contributed by atoms with van der Waals surface area (Å²) in [5.74, 6) is -1.35. The molecular formula is C17H21F2NO. The van der Waals surface area contributed by atoms with Gasteiger partial charge in [-0.2, -0.15) is 0 Å². The SMILES string of the molecule is FC1(F)CC12CCN(CCc1ccc3c(c1)CCO3)CC2. The van der Waals surface area contributed by atoms with Crippen LogP contribution >= 0.6 is 0 Å². The number of ether oxygens (including phenoxy) is 1. The van der Waals surface area contributed by atoms with Gasteiger partial charge in [-0.15, -0.1) is 0 Å². The molecule has 114 valence electrons. The van der Waals surface area contributed by atoms with E-state index in [0.717, 1.165) is 44.8 Å². The monoisotopic (exact) mass is 293 g/mol. The van der Waals surface area contributed by atoms with Crippen LogP contribution in [0, 0.1) is 5.41 Å². The molecule has 3 aliphatic rings. The van der Waals surface area contributed by atoms with Gasteiger partial charge < -0.3 is 9.64 Å². The first-order chi connectivity index (χ1) is 10.1. The zero-order valence-electron chi connectivity index (χ0n) is 12.2. The zero-order valence-corrected chi connectivity index (χ0v) is 12.2. The maximum atomic E-state index is 13.3. The first-order valence-electron chi connectivity index (χ1n) is 7.93. The zero-order chi connectivity index (χ0) is 14.5. The van der Waals surface area contributed by atoms with Crippen molar-refractivity contribution < 1.29 is 13.5 Å². The van der Waals surface area contributed by atoms with Gasteiger partial charge >= 0.3 is 0 Å². The van der Waals surface area contributed by atoms with Gasteiger partial charge in [0.15, 0.2) is 0 Å². The standard InChI is InChI=1S/C17H21F2NO/c18-17(19)12-16(17)5-8-20(9-6-16)7-3-13-1-2-15-14(11-13)4-10-21-15/h1-2,11H,3-10,12H2. The van der Waals surface area contributed by atoms with E-state index in [9.17, 15) is 8.78 Å². The predicted octanol–water partition coefficient (Wildman–Crippen LogP) is 3.29. The van der Waals surface area contributed by atoms with Crippen molar-refractivity contribution in [1.82, 2.24) is 4.90 Å². The molecule has 2 heterocycles. The fourth-order valence-electron chi connectivity index (χ4n) is 3.81. The van der Waals surface area contributed by atoms with Crippen molar-refractivity contribution in [1.29, 1.82) is 0 Å². The molecule has 0 unspecified atom stereocenters. The van der Waals surface area contributed by atoms with Crippen LogP contribution in [0.5, 0.6) is 5.75 Å². The number of alkyl halides is 2. The highest BCUT2D eigenvalue weighted by atomic mass is 19.3. The average molecular weight is 293 g/mol. The highest BCUT2D eigenvalue weighted by molar-refractivity contribution is 5.39. The van der Waals surface area contributed by atoms with Crippen LogP contribution < -0.4 is 4.74 Å². The Bertz CT molecular complexity index is 550. The Hall–Kier alpha value is -1.16. The molecule has 0 aromatic heterocycles. The maximum absolute atomic E-state index is 13.3. The van der Waals surface area contributed by atoms with Gasteiger partial charge in [0, 0.05) is 24.8 Å². The molecule has 0 radical (unpaired) electrons. The largest absolute Gasteiger partial charge is 0.493 e. The highest BCUT2D eigenvalue weighted by Gasteiger charge is 2.70. The van der Waals surface area contributed by atoms with Gasteiger partial charge in [0.2, 0.25) is 0 Å². The molecule has 0 bridgehead atoms.